The van der Waals surface area contributed by atoms with Crippen LogP contribution >= 0.6 is 0 Å². The lowest BCUT2D eigenvalue weighted by Crippen LogP contribution is -2.57. The van der Waals surface area contributed by atoms with E-state index >= 15 is 0 Å². The fourth-order valence-corrected chi connectivity index (χ4v) is 8.39. The number of likely N-dealkylation sites (tertiary alicyclic amines) is 1. The van der Waals surface area contributed by atoms with E-state index in [1.54, 1.807) is 17.0 Å². The normalized spacial score (nSPS) is 22.1. The Morgan fingerprint density at radius 2 is 1.54 bits per heavy atom. The van der Waals surface area contributed by atoms with Gasteiger partial charge in [0.05, 0.1) is 11.0 Å². The summed E-state index contributed by atoms with van der Waals surface area (Å²) >= 11 is 0. The lowest BCUT2D eigenvalue weighted by molar-refractivity contribution is -0.146. The molecular weight excluding hydrogens is 606 g/mol. The third-order valence-electron chi connectivity index (χ3n) is 10.8. The molecule has 5 rings (SSSR count). The highest BCUT2D eigenvalue weighted by molar-refractivity contribution is 5.91. The number of carboxylic acid groups (broad SMARTS) is 1. The predicted octanol–water partition coefficient (Wildman–Crippen LogP) is 5.39. The lowest BCUT2D eigenvalue weighted by atomic mass is 9.58. The molecule has 2 heterocycles. The number of rotatable bonds is 10. The number of hydrogen-bond donors (Lipinski definition) is 2. The van der Waals surface area contributed by atoms with Crippen LogP contribution in [-0.4, -0.2) is 70.6 Å². The van der Waals surface area contributed by atoms with E-state index in [4.69, 9.17) is 5.73 Å². The van der Waals surface area contributed by atoms with Crippen LogP contribution in [0.4, 0.5) is 0 Å². The van der Waals surface area contributed by atoms with Gasteiger partial charge in [0.2, 0.25) is 17.7 Å². The standard InChI is InChI=1S/C39H47N3O6/c1-26(43)24-29(14-15-33(40)44)34(45)41-22-19-39(20-23-41,30-8-6-5-7-9-30)36(48)42-21-17-32-37(2,3)31(16-18-38(32,4)25-42)27-10-12-28(13-11-27)35(46)47/h5-13,16-17,29H,14-15,18-25H2,1-4H3,(H2,40,44)(H,46,47)/t29-,38-/m1/s1. The summed E-state index contributed by atoms with van der Waals surface area (Å²) in [5.41, 5.74) is 8.56. The molecule has 0 radical (unpaired) electrons. The molecule has 1 aliphatic carbocycles. The summed E-state index contributed by atoms with van der Waals surface area (Å²) in [6.07, 6.45) is 6.44. The van der Waals surface area contributed by atoms with Crippen molar-refractivity contribution in [3.63, 3.8) is 0 Å². The van der Waals surface area contributed by atoms with E-state index in [2.05, 4.69) is 32.9 Å². The van der Waals surface area contributed by atoms with E-state index in [1.807, 2.05) is 47.4 Å². The number of nitrogens with zero attached hydrogens (tertiary/aromatic N) is 2. The maximum absolute atomic E-state index is 14.8. The zero-order valence-electron chi connectivity index (χ0n) is 28.5. The fourth-order valence-electron chi connectivity index (χ4n) is 8.39. The van der Waals surface area contributed by atoms with E-state index in [1.165, 1.54) is 12.5 Å². The summed E-state index contributed by atoms with van der Waals surface area (Å²) < 4.78 is 0. The summed E-state index contributed by atoms with van der Waals surface area (Å²) in [5, 5.41) is 9.36. The minimum Gasteiger partial charge on any atom is -0.478 e. The van der Waals surface area contributed by atoms with Crippen LogP contribution in [0.3, 0.4) is 0 Å². The molecule has 2 aliphatic heterocycles. The monoisotopic (exact) mass is 653 g/mol. The molecule has 2 aromatic rings. The van der Waals surface area contributed by atoms with Gasteiger partial charge in [0.15, 0.2) is 0 Å². The van der Waals surface area contributed by atoms with Gasteiger partial charge in [-0.2, -0.15) is 0 Å². The van der Waals surface area contributed by atoms with Gasteiger partial charge in [0, 0.05) is 55.8 Å². The molecule has 0 saturated carbocycles. The van der Waals surface area contributed by atoms with E-state index < -0.39 is 23.2 Å². The molecule has 9 nitrogen and oxygen atoms in total. The summed E-state index contributed by atoms with van der Waals surface area (Å²) in [6, 6.07) is 16.9. The highest BCUT2D eigenvalue weighted by Gasteiger charge is 2.51. The van der Waals surface area contributed by atoms with Crippen LogP contribution in [-0.2, 0) is 24.6 Å². The van der Waals surface area contributed by atoms with Gasteiger partial charge in [0.25, 0.3) is 0 Å². The third-order valence-corrected chi connectivity index (χ3v) is 10.8. The molecule has 2 atom stereocenters. The zero-order chi connectivity index (χ0) is 34.9. The summed E-state index contributed by atoms with van der Waals surface area (Å²) in [7, 11) is 0. The zero-order valence-corrected chi connectivity index (χ0v) is 28.5. The maximum Gasteiger partial charge on any atom is 0.335 e. The number of aromatic carboxylic acids is 1. The molecule has 0 spiro atoms. The number of piperidine rings is 1. The van der Waals surface area contributed by atoms with Crippen molar-refractivity contribution in [1.29, 1.82) is 0 Å². The molecule has 3 aliphatic rings. The average molecular weight is 654 g/mol. The van der Waals surface area contributed by atoms with Gasteiger partial charge in [-0.25, -0.2) is 4.79 Å². The van der Waals surface area contributed by atoms with Crippen molar-refractivity contribution in [3.05, 3.63) is 89.0 Å². The number of carbonyl (C=O) groups is 5. The summed E-state index contributed by atoms with van der Waals surface area (Å²) in [6.45, 7) is 9.85. The van der Waals surface area contributed by atoms with Gasteiger partial charge in [-0.3, -0.25) is 14.4 Å². The number of amides is 3. The quantitative estimate of drug-likeness (QED) is 0.330. The maximum atomic E-state index is 14.8. The second-order valence-corrected chi connectivity index (χ2v) is 14.6. The van der Waals surface area contributed by atoms with Gasteiger partial charge in [-0.05, 0) is 61.4 Å². The second-order valence-electron chi connectivity index (χ2n) is 14.6. The lowest BCUT2D eigenvalue weighted by Gasteiger charge is -2.52. The van der Waals surface area contributed by atoms with Crippen molar-refractivity contribution < 1.29 is 29.1 Å². The van der Waals surface area contributed by atoms with E-state index in [0.29, 0.717) is 39.0 Å². The Morgan fingerprint density at radius 1 is 0.896 bits per heavy atom. The topological polar surface area (TPSA) is 138 Å². The molecule has 0 aromatic heterocycles. The number of Topliss-reactive ketones (excluding diaryl/α,β-unsaturated/α-hetero) is 1. The molecule has 254 valence electrons. The number of allylic oxidation sites excluding steroid dienone is 2. The Morgan fingerprint density at radius 3 is 2.12 bits per heavy atom. The first kappa shape index (κ1) is 34.8. The highest BCUT2D eigenvalue weighted by Crippen LogP contribution is 2.55. The highest BCUT2D eigenvalue weighted by atomic mass is 16.4. The van der Waals surface area contributed by atoms with Crippen molar-refractivity contribution in [3.8, 4) is 0 Å². The van der Waals surface area contributed by atoms with Crippen molar-refractivity contribution in [2.24, 2.45) is 22.5 Å². The van der Waals surface area contributed by atoms with Crippen molar-refractivity contribution >= 4 is 35.0 Å². The molecule has 1 fully saturated rings. The molecule has 0 bridgehead atoms. The Bertz CT molecular complexity index is 1650. The van der Waals surface area contributed by atoms with Gasteiger partial charge in [0.1, 0.15) is 5.78 Å². The van der Waals surface area contributed by atoms with Gasteiger partial charge < -0.3 is 25.4 Å². The van der Waals surface area contributed by atoms with E-state index in [9.17, 15) is 29.1 Å². The number of ketones is 1. The first-order valence-electron chi connectivity index (χ1n) is 16.8. The molecule has 0 unspecified atom stereocenters. The van der Waals surface area contributed by atoms with Crippen LogP contribution in [0.15, 0.2) is 72.3 Å². The van der Waals surface area contributed by atoms with Gasteiger partial charge in [-0.1, -0.05) is 81.0 Å². The van der Waals surface area contributed by atoms with Gasteiger partial charge >= 0.3 is 5.97 Å². The first-order valence-corrected chi connectivity index (χ1v) is 16.8. The summed E-state index contributed by atoms with van der Waals surface area (Å²) in [5.74, 6) is -2.28. The van der Waals surface area contributed by atoms with Crippen LogP contribution in [0, 0.1) is 16.7 Å². The van der Waals surface area contributed by atoms with Crippen LogP contribution < -0.4 is 5.73 Å². The Labute approximate surface area is 282 Å². The summed E-state index contributed by atoms with van der Waals surface area (Å²) in [4.78, 5) is 66.9. The molecule has 1 saturated heterocycles. The molecule has 3 amide bonds. The van der Waals surface area contributed by atoms with Crippen LogP contribution in [0.25, 0.3) is 5.57 Å². The minimum absolute atomic E-state index is 0.0394. The smallest absolute Gasteiger partial charge is 0.335 e. The number of primary amides is 1. The Hall–Kier alpha value is -4.53. The number of carbonyl (C=O) groups excluding carboxylic acids is 4. The van der Waals surface area contributed by atoms with E-state index in [0.717, 1.165) is 23.1 Å². The molecule has 48 heavy (non-hydrogen) atoms. The van der Waals surface area contributed by atoms with Gasteiger partial charge in [-0.15, -0.1) is 0 Å². The number of benzene rings is 2. The Balaban J connectivity index is 1.38. The van der Waals surface area contributed by atoms with Crippen LogP contribution in [0.2, 0.25) is 0 Å². The SMILES string of the molecule is CC(=O)C[C@@H](CCC(N)=O)C(=O)N1CCC(C(=O)N2CC=C3C(C)(C)C(c4ccc(C(=O)O)cc4)=CC[C@]3(C)C2)(c2ccccc2)CC1. The Kier molecular flexibility index (Phi) is 9.81. The largest absolute Gasteiger partial charge is 0.478 e. The van der Waals surface area contributed by atoms with E-state index in [-0.39, 0.29) is 53.3 Å². The van der Waals surface area contributed by atoms with Crippen molar-refractivity contribution in [1.82, 2.24) is 9.80 Å². The second kappa shape index (κ2) is 13.5. The number of nitrogens with two attached hydrogens (primary N) is 1. The minimum atomic E-state index is -0.950. The van der Waals surface area contributed by atoms with Crippen LogP contribution in [0.1, 0.15) is 87.7 Å². The van der Waals surface area contributed by atoms with Crippen molar-refractivity contribution in [2.45, 2.75) is 71.6 Å². The number of fused-ring (bicyclic) bond motifs is 1. The molecular formula is C39H47N3O6. The van der Waals surface area contributed by atoms with Crippen LogP contribution in [0.5, 0.6) is 0 Å². The number of hydrogen-bond acceptors (Lipinski definition) is 5. The first-order chi connectivity index (χ1) is 22.7. The molecule has 9 heteroatoms. The molecule has 3 N–H and O–H groups in total. The fraction of sp³-hybridized carbons (Fsp3) is 0.462. The number of carboxylic acids is 1. The third kappa shape index (κ3) is 6.73. The predicted molar refractivity (Wildman–Crippen MR) is 184 cm³/mol. The van der Waals surface area contributed by atoms with Crippen molar-refractivity contribution in [2.75, 3.05) is 26.2 Å². The molecule has 2 aromatic carbocycles. The average Bonchev–Trinajstić information content (AvgIpc) is 3.05.